The maximum absolute atomic E-state index is 13.4. The zero-order chi connectivity index (χ0) is 15.7. The van der Waals surface area contributed by atoms with Gasteiger partial charge in [0.05, 0.1) is 4.47 Å². The van der Waals surface area contributed by atoms with E-state index in [1.807, 2.05) is 0 Å². The Labute approximate surface area is 133 Å². The summed E-state index contributed by atoms with van der Waals surface area (Å²) in [6.07, 6.45) is 3.31. The molecule has 2 nitrogen and oxygen atoms in total. The highest BCUT2D eigenvalue weighted by Crippen LogP contribution is 2.22. The Hall–Kier alpha value is -2.08. The van der Waals surface area contributed by atoms with E-state index in [1.54, 1.807) is 29.1 Å². The van der Waals surface area contributed by atoms with Crippen molar-refractivity contribution in [2.24, 2.45) is 0 Å². The number of aromatic nitrogens is 2. The lowest BCUT2D eigenvalue weighted by atomic mass is 10.2. The van der Waals surface area contributed by atoms with Crippen LogP contribution in [0.3, 0.4) is 0 Å². The number of hydrogen-bond donors (Lipinski definition) is 0. The van der Waals surface area contributed by atoms with Crippen LogP contribution < -0.4 is 0 Å². The third-order valence-corrected chi connectivity index (χ3v) is 3.84. The molecular formula is C16H10BrF3N2. The monoisotopic (exact) mass is 366 g/mol. The maximum atomic E-state index is 13.4. The molecule has 2 aromatic carbocycles. The molecule has 0 aliphatic heterocycles. The normalized spacial score (nSPS) is 10.9. The van der Waals surface area contributed by atoms with Gasteiger partial charge in [0.2, 0.25) is 0 Å². The SMILES string of the molecule is Fc1ccc(-c2nccn2Cc2ccc(F)c(Br)c2)cc1F. The highest BCUT2D eigenvalue weighted by molar-refractivity contribution is 9.10. The summed E-state index contributed by atoms with van der Waals surface area (Å²) >= 11 is 3.14. The molecule has 1 heterocycles. The van der Waals surface area contributed by atoms with E-state index in [0.717, 1.165) is 17.7 Å². The Morgan fingerprint density at radius 1 is 0.955 bits per heavy atom. The Morgan fingerprint density at radius 3 is 2.45 bits per heavy atom. The first kappa shape index (κ1) is 14.8. The van der Waals surface area contributed by atoms with Crippen molar-refractivity contribution in [2.75, 3.05) is 0 Å². The van der Waals surface area contributed by atoms with Crippen molar-refractivity contribution >= 4 is 15.9 Å². The maximum Gasteiger partial charge on any atom is 0.159 e. The molecule has 0 unspecified atom stereocenters. The molecule has 0 N–H and O–H groups in total. The third kappa shape index (κ3) is 2.92. The third-order valence-electron chi connectivity index (χ3n) is 3.23. The van der Waals surface area contributed by atoms with E-state index in [-0.39, 0.29) is 5.82 Å². The summed E-state index contributed by atoms with van der Waals surface area (Å²) in [5.74, 6) is -1.64. The summed E-state index contributed by atoms with van der Waals surface area (Å²) in [5, 5.41) is 0. The standard InChI is InChI=1S/C16H10BrF3N2/c17-12-7-10(1-3-13(12)18)9-22-6-5-21-16(22)11-2-4-14(19)15(20)8-11/h1-8H,9H2. The molecule has 1 aromatic heterocycles. The molecule has 112 valence electrons. The minimum Gasteiger partial charge on any atom is -0.327 e. The summed E-state index contributed by atoms with van der Waals surface area (Å²) in [6, 6.07) is 8.35. The van der Waals surface area contributed by atoms with Gasteiger partial charge >= 0.3 is 0 Å². The van der Waals surface area contributed by atoms with E-state index in [1.165, 1.54) is 12.1 Å². The molecule has 3 aromatic rings. The van der Waals surface area contributed by atoms with Crippen LogP contribution in [0.25, 0.3) is 11.4 Å². The minimum absolute atomic E-state index is 0.338. The molecule has 0 aliphatic carbocycles. The largest absolute Gasteiger partial charge is 0.327 e. The van der Waals surface area contributed by atoms with Crippen LogP contribution in [0.15, 0.2) is 53.3 Å². The highest BCUT2D eigenvalue weighted by atomic mass is 79.9. The fourth-order valence-corrected chi connectivity index (χ4v) is 2.59. The van der Waals surface area contributed by atoms with Crippen LogP contribution in [-0.2, 0) is 6.54 Å². The van der Waals surface area contributed by atoms with E-state index < -0.39 is 11.6 Å². The number of hydrogen-bond acceptors (Lipinski definition) is 1. The van der Waals surface area contributed by atoms with Crippen LogP contribution in [-0.4, -0.2) is 9.55 Å². The number of imidazole rings is 1. The molecule has 0 bridgehead atoms. The van der Waals surface area contributed by atoms with Gasteiger partial charge in [0.25, 0.3) is 0 Å². The van der Waals surface area contributed by atoms with Gasteiger partial charge < -0.3 is 4.57 Å². The first-order valence-corrected chi connectivity index (χ1v) is 7.24. The second-order valence-corrected chi connectivity index (χ2v) is 5.61. The fourth-order valence-electron chi connectivity index (χ4n) is 2.17. The molecule has 22 heavy (non-hydrogen) atoms. The lowest BCUT2D eigenvalue weighted by molar-refractivity contribution is 0.509. The minimum atomic E-state index is -0.920. The molecule has 3 rings (SSSR count). The van der Waals surface area contributed by atoms with Crippen LogP contribution in [0.4, 0.5) is 13.2 Å². The molecule has 0 spiro atoms. The molecule has 6 heteroatoms. The van der Waals surface area contributed by atoms with Gasteiger partial charge in [-0.2, -0.15) is 0 Å². The number of rotatable bonds is 3. The number of benzene rings is 2. The summed E-state index contributed by atoms with van der Waals surface area (Å²) < 4.78 is 41.8. The van der Waals surface area contributed by atoms with E-state index in [4.69, 9.17) is 0 Å². The topological polar surface area (TPSA) is 17.8 Å². The second-order valence-electron chi connectivity index (χ2n) is 4.76. The van der Waals surface area contributed by atoms with Crippen LogP contribution in [0, 0.1) is 17.5 Å². The average molecular weight is 367 g/mol. The smallest absolute Gasteiger partial charge is 0.159 e. The van der Waals surface area contributed by atoms with E-state index in [2.05, 4.69) is 20.9 Å². The van der Waals surface area contributed by atoms with Crippen molar-refractivity contribution in [3.8, 4) is 11.4 Å². The molecule has 0 atom stereocenters. The molecule has 0 aliphatic rings. The molecular weight excluding hydrogens is 357 g/mol. The number of nitrogens with zero attached hydrogens (tertiary/aromatic N) is 2. The molecule has 0 fully saturated rings. The highest BCUT2D eigenvalue weighted by Gasteiger charge is 2.10. The van der Waals surface area contributed by atoms with Crippen LogP contribution >= 0.6 is 15.9 Å². The zero-order valence-electron chi connectivity index (χ0n) is 11.2. The quantitative estimate of drug-likeness (QED) is 0.652. The Balaban J connectivity index is 1.94. The van der Waals surface area contributed by atoms with E-state index >= 15 is 0 Å². The Morgan fingerprint density at radius 2 is 1.73 bits per heavy atom. The van der Waals surface area contributed by atoms with Crippen LogP contribution in [0.1, 0.15) is 5.56 Å². The summed E-state index contributed by atoms with van der Waals surface area (Å²) in [7, 11) is 0. The van der Waals surface area contributed by atoms with Gasteiger partial charge in [0, 0.05) is 24.5 Å². The van der Waals surface area contributed by atoms with Crippen molar-refractivity contribution in [2.45, 2.75) is 6.54 Å². The Bertz CT molecular complexity index is 830. The lowest BCUT2D eigenvalue weighted by Gasteiger charge is -2.09. The second kappa shape index (κ2) is 5.96. The van der Waals surface area contributed by atoms with Gasteiger partial charge in [-0.15, -0.1) is 0 Å². The molecule has 0 amide bonds. The van der Waals surface area contributed by atoms with Crippen molar-refractivity contribution in [1.29, 1.82) is 0 Å². The predicted molar refractivity (Wildman–Crippen MR) is 80.8 cm³/mol. The van der Waals surface area contributed by atoms with Crippen molar-refractivity contribution in [3.05, 3.63) is 76.3 Å². The zero-order valence-corrected chi connectivity index (χ0v) is 12.8. The number of halogens is 4. The van der Waals surface area contributed by atoms with Gasteiger partial charge in [0.1, 0.15) is 11.6 Å². The van der Waals surface area contributed by atoms with Gasteiger partial charge in [-0.1, -0.05) is 6.07 Å². The van der Waals surface area contributed by atoms with Gasteiger partial charge in [-0.05, 0) is 51.8 Å². The summed E-state index contributed by atoms with van der Waals surface area (Å²) in [4.78, 5) is 4.18. The van der Waals surface area contributed by atoms with Crippen LogP contribution in [0.5, 0.6) is 0 Å². The predicted octanol–water partition coefficient (Wildman–Crippen LogP) is 4.78. The fraction of sp³-hybridized carbons (Fsp3) is 0.0625. The van der Waals surface area contributed by atoms with E-state index in [0.29, 0.717) is 22.4 Å². The van der Waals surface area contributed by atoms with Gasteiger partial charge in [-0.25, -0.2) is 18.2 Å². The lowest BCUT2D eigenvalue weighted by Crippen LogP contribution is -2.02. The molecule has 0 saturated heterocycles. The first-order chi connectivity index (χ1) is 10.5. The molecule has 0 radical (unpaired) electrons. The van der Waals surface area contributed by atoms with Gasteiger partial charge in [-0.3, -0.25) is 0 Å². The first-order valence-electron chi connectivity index (χ1n) is 6.45. The summed E-state index contributed by atoms with van der Waals surface area (Å²) in [5.41, 5.74) is 1.33. The van der Waals surface area contributed by atoms with Crippen molar-refractivity contribution < 1.29 is 13.2 Å². The van der Waals surface area contributed by atoms with Crippen LogP contribution in [0.2, 0.25) is 0 Å². The average Bonchev–Trinajstić information content (AvgIpc) is 2.94. The molecule has 0 saturated carbocycles. The summed E-state index contributed by atoms with van der Waals surface area (Å²) in [6.45, 7) is 0.438. The van der Waals surface area contributed by atoms with E-state index in [9.17, 15) is 13.2 Å². The van der Waals surface area contributed by atoms with Crippen molar-refractivity contribution in [3.63, 3.8) is 0 Å². The Kier molecular flexibility index (Phi) is 4.02. The van der Waals surface area contributed by atoms with Gasteiger partial charge in [0.15, 0.2) is 11.6 Å². The van der Waals surface area contributed by atoms with Crippen molar-refractivity contribution in [1.82, 2.24) is 9.55 Å².